The molecule has 5 nitrogen and oxygen atoms in total. The SMILES string of the molecule is O=CN1CC(c2ccc(F)cc2)CC(c2nc(-c3ccc(F)cc3)no2)C1. The van der Waals surface area contributed by atoms with Crippen molar-refractivity contribution in [3.8, 4) is 11.4 Å². The van der Waals surface area contributed by atoms with Crippen molar-refractivity contribution in [2.24, 2.45) is 0 Å². The van der Waals surface area contributed by atoms with Gasteiger partial charge in [-0.05, 0) is 48.4 Å². The van der Waals surface area contributed by atoms with Crippen LogP contribution in [0.1, 0.15) is 29.7 Å². The molecule has 1 amide bonds. The molecule has 2 aromatic carbocycles. The average Bonchev–Trinajstić information content (AvgIpc) is 3.19. The summed E-state index contributed by atoms with van der Waals surface area (Å²) in [6, 6.07) is 12.2. The summed E-state index contributed by atoms with van der Waals surface area (Å²) in [5.74, 6) is 0.119. The number of piperidine rings is 1. The molecule has 1 aliphatic heterocycles. The van der Waals surface area contributed by atoms with Crippen molar-refractivity contribution in [1.82, 2.24) is 15.0 Å². The number of benzene rings is 2. The van der Waals surface area contributed by atoms with Gasteiger partial charge >= 0.3 is 0 Å². The van der Waals surface area contributed by atoms with E-state index >= 15 is 0 Å². The Hall–Kier alpha value is -3.09. The predicted octanol–water partition coefficient (Wildman–Crippen LogP) is 3.74. The second kappa shape index (κ2) is 7.26. The molecule has 2 heterocycles. The van der Waals surface area contributed by atoms with Gasteiger partial charge in [-0.25, -0.2) is 8.78 Å². The Kier molecular flexibility index (Phi) is 4.66. The Morgan fingerprint density at radius 2 is 1.59 bits per heavy atom. The molecule has 4 rings (SSSR count). The monoisotopic (exact) mass is 369 g/mol. The van der Waals surface area contributed by atoms with E-state index in [1.807, 2.05) is 0 Å². The van der Waals surface area contributed by atoms with Crippen LogP contribution in [0.15, 0.2) is 53.1 Å². The average molecular weight is 369 g/mol. The standard InChI is InChI=1S/C20H17F2N3O2/c21-17-5-1-13(2-6-17)15-9-16(11-25(10-15)12-26)20-23-19(24-27-20)14-3-7-18(22)8-4-14/h1-8,12,15-16H,9-11H2. The molecule has 1 aromatic heterocycles. The fourth-order valence-corrected chi connectivity index (χ4v) is 3.49. The van der Waals surface area contributed by atoms with Gasteiger partial charge in [-0.2, -0.15) is 4.98 Å². The topological polar surface area (TPSA) is 59.2 Å². The lowest BCUT2D eigenvalue weighted by Gasteiger charge is -2.34. The van der Waals surface area contributed by atoms with Crippen molar-refractivity contribution < 1.29 is 18.1 Å². The van der Waals surface area contributed by atoms with Gasteiger partial charge in [-0.1, -0.05) is 17.3 Å². The minimum absolute atomic E-state index is 0.0516. The van der Waals surface area contributed by atoms with Crippen LogP contribution in [0.3, 0.4) is 0 Å². The van der Waals surface area contributed by atoms with Gasteiger partial charge in [0.25, 0.3) is 0 Å². The lowest BCUT2D eigenvalue weighted by Crippen LogP contribution is -2.37. The molecule has 0 aliphatic carbocycles. The molecule has 1 saturated heterocycles. The summed E-state index contributed by atoms with van der Waals surface area (Å²) in [4.78, 5) is 17.5. The Balaban J connectivity index is 1.57. The van der Waals surface area contributed by atoms with Crippen LogP contribution in [-0.4, -0.2) is 34.5 Å². The third kappa shape index (κ3) is 3.72. The van der Waals surface area contributed by atoms with Gasteiger partial charge in [0.15, 0.2) is 0 Å². The fraction of sp³-hybridized carbons (Fsp3) is 0.250. The number of carbonyl (C=O) groups excluding carboxylic acids is 1. The summed E-state index contributed by atoms with van der Waals surface area (Å²) >= 11 is 0. The third-order valence-corrected chi connectivity index (χ3v) is 4.86. The molecule has 0 radical (unpaired) electrons. The molecule has 1 aliphatic rings. The van der Waals surface area contributed by atoms with Crippen LogP contribution in [-0.2, 0) is 4.79 Å². The largest absolute Gasteiger partial charge is 0.344 e. The highest BCUT2D eigenvalue weighted by molar-refractivity contribution is 5.54. The Bertz CT molecular complexity index is 925. The first-order valence-electron chi connectivity index (χ1n) is 8.66. The van der Waals surface area contributed by atoms with Crippen molar-refractivity contribution >= 4 is 6.41 Å². The molecular weight excluding hydrogens is 352 g/mol. The number of hydrogen-bond donors (Lipinski definition) is 0. The first-order valence-corrected chi connectivity index (χ1v) is 8.66. The normalized spacial score (nSPS) is 19.9. The molecule has 1 fully saturated rings. The number of rotatable bonds is 4. The maximum Gasteiger partial charge on any atom is 0.231 e. The van der Waals surface area contributed by atoms with E-state index in [0.717, 1.165) is 12.0 Å². The summed E-state index contributed by atoms with van der Waals surface area (Å²) in [6.07, 6.45) is 1.51. The smallest absolute Gasteiger partial charge is 0.231 e. The number of amides is 1. The molecule has 7 heteroatoms. The minimum Gasteiger partial charge on any atom is -0.344 e. The van der Waals surface area contributed by atoms with E-state index in [0.29, 0.717) is 36.8 Å². The van der Waals surface area contributed by atoms with Crippen molar-refractivity contribution in [2.45, 2.75) is 18.3 Å². The zero-order chi connectivity index (χ0) is 18.8. The van der Waals surface area contributed by atoms with E-state index < -0.39 is 0 Å². The van der Waals surface area contributed by atoms with E-state index in [2.05, 4.69) is 10.1 Å². The molecule has 0 bridgehead atoms. The predicted molar refractivity (Wildman–Crippen MR) is 93.8 cm³/mol. The molecule has 2 unspecified atom stereocenters. The molecular formula is C20H17F2N3O2. The zero-order valence-electron chi connectivity index (χ0n) is 14.4. The number of likely N-dealkylation sites (tertiary alicyclic amines) is 1. The highest BCUT2D eigenvalue weighted by Gasteiger charge is 2.32. The van der Waals surface area contributed by atoms with E-state index in [9.17, 15) is 13.6 Å². The van der Waals surface area contributed by atoms with E-state index in [1.165, 1.54) is 24.3 Å². The number of carbonyl (C=O) groups is 1. The van der Waals surface area contributed by atoms with Crippen LogP contribution >= 0.6 is 0 Å². The van der Waals surface area contributed by atoms with Crippen LogP contribution in [0, 0.1) is 11.6 Å². The van der Waals surface area contributed by atoms with Gasteiger partial charge in [0.05, 0.1) is 5.92 Å². The van der Waals surface area contributed by atoms with Crippen molar-refractivity contribution in [2.75, 3.05) is 13.1 Å². The molecule has 138 valence electrons. The molecule has 3 aromatic rings. The zero-order valence-corrected chi connectivity index (χ0v) is 14.4. The fourth-order valence-electron chi connectivity index (χ4n) is 3.49. The molecule has 0 saturated carbocycles. The van der Waals surface area contributed by atoms with Crippen molar-refractivity contribution in [3.63, 3.8) is 0 Å². The lowest BCUT2D eigenvalue weighted by atomic mass is 9.84. The van der Waals surface area contributed by atoms with Gasteiger partial charge in [0.1, 0.15) is 11.6 Å². The van der Waals surface area contributed by atoms with Crippen LogP contribution < -0.4 is 0 Å². The summed E-state index contributed by atoms with van der Waals surface area (Å²) in [6.45, 7) is 1.04. The third-order valence-electron chi connectivity index (χ3n) is 4.86. The van der Waals surface area contributed by atoms with Crippen molar-refractivity contribution in [1.29, 1.82) is 0 Å². The quantitative estimate of drug-likeness (QED) is 0.658. The maximum atomic E-state index is 13.2. The number of nitrogens with zero attached hydrogens (tertiary/aromatic N) is 3. The second-order valence-electron chi connectivity index (χ2n) is 6.70. The lowest BCUT2D eigenvalue weighted by molar-refractivity contribution is -0.119. The first-order chi connectivity index (χ1) is 13.1. The van der Waals surface area contributed by atoms with Crippen LogP contribution in [0.25, 0.3) is 11.4 Å². The minimum atomic E-state index is -0.335. The molecule has 27 heavy (non-hydrogen) atoms. The van der Waals surface area contributed by atoms with Gasteiger partial charge in [-0.3, -0.25) is 4.79 Å². The number of aromatic nitrogens is 2. The summed E-state index contributed by atoms with van der Waals surface area (Å²) in [5.41, 5.74) is 1.62. The molecule has 0 spiro atoms. The summed E-state index contributed by atoms with van der Waals surface area (Å²) < 4.78 is 31.7. The number of halogens is 2. The van der Waals surface area contributed by atoms with Crippen LogP contribution in [0.5, 0.6) is 0 Å². The number of hydrogen-bond acceptors (Lipinski definition) is 4. The Morgan fingerprint density at radius 3 is 2.26 bits per heavy atom. The van der Waals surface area contributed by atoms with E-state index in [4.69, 9.17) is 4.52 Å². The van der Waals surface area contributed by atoms with Crippen LogP contribution in [0.4, 0.5) is 8.78 Å². The van der Waals surface area contributed by atoms with Gasteiger partial charge in [0.2, 0.25) is 18.1 Å². The summed E-state index contributed by atoms with van der Waals surface area (Å²) in [5, 5.41) is 3.99. The van der Waals surface area contributed by atoms with Crippen molar-refractivity contribution in [3.05, 3.63) is 71.6 Å². The first kappa shape index (κ1) is 17.3. The Morgan fingerprint density at radius 1 is 0.963 bits per heavy atom. The van der Waals surface area contributed by atoms with Gasteiger partial charge in [0, 0.05) is 24.6 Å². The van der Waals surface area contributed by atoms with E-state index in [-0.39, 0.29) is 23.5 Å². The van der Waals surface area contributed by atoms with E-state index in [1.54, 1.807) is 29.2 Å². The highest BCUT2D eigenvalue weighted by Crippen LogP contribution is 2.35. The van der Waals surface area contributed by atoms with Gasteiger partial charge in [-0.15, -0.1) is 0 Å². The molecule has 0 N–H and O–H groups in total. The molecule has 2 atom stereocenters. The van der Waals surface area contributed by atoms with Gasteiger partial charge < -0.3 is 9.42 Å². The Labute approximate surface area is 154 Å². The highest BCUT2D eigenvalue weighted by atomic mass is 19.1. The second-order valence-corrected chi connectivity index (χ2v) is 6.70. The maximum absolute atomic E-state index is 13.2. The summed E-state index contributed by atoms with van der Waals surface area (Å²) in [7, 11) is 0. The van der Waals surface area contributed by atoms with Crippen LogP contribution in [0.2, 0.25) is 0 Å².